The van der Waals surface area contributed by atoms with Crippen molar-refractivity contribution in [1.82, 2.24) is 25.1 Å². The zero-order chi connectivity index (χ0) is 14.7. The van der Waals surface area contributed by atoms with Crippen molar-refractivity contribution in [1.29, 1.82) is 5.26 Å². The molecule has 0 saturated carbocycles. The van der Waals surface area contributed by atoms with E-state index in [1.807, 2.05) is 23.6 Å². The first-order valence-electron chi connectivity index (χ1n) is 5.83. The maximum absolute atomic E-state index is 12.0. The monoisotopic (exact) mass is 316 g/mol. The number of nitriles is 1. The average molecular weight is 316 g/mol. The summed E-state index contributed by atoms with van der Waals surface area (Å²) < 4.78 is 0. The van der Waals surface area contributed by atoms with Crippen LogP contribution in [0.2, 0.25) is 0 Å². The molecule has 0 radical (unpaired) electrons. The maximum atomic E-state index is 12.0. The highest BCUT2D eigenvalue weighted by Gasteiger charge is 2.14. The first-order valence-corrected chi connectivity index (χ1v) is 7.70. The second kappa shape index (κ2) is 5.90. The lowest BCUT2D eigenvalue weighted by Gasteiger charge is -2.03. The van der Waals surface area contributed by atoms with Gasteiger partial charge in [0.25, 0.3) is 5.56 Å². The van der Waals surface area contributed by atoms with Crippen LogP contribution in [-0.4, -0.2) is 25.1 Å². The lowest BCUT2D eigenvalue weighted by Crippen LogP contribution is -2.14. The van der Waals surface area contributed by atoms with E-state index in [0.717, 1.165) is 4.88 Å². The molecule has 0 bridgehead atoms. The van der Waals surface area contributed by atoms with Gasteiger partial charge in [-0.3, -0.25) is 9.89 Å². The molecule has 3 rings (SSSR count). The highest BCUT2D eigenvalue weighted by atomic mass is 32.2. The van der Waals surface area contributed by atoms with Gasteiger partial charge in [0.2, 0.25) is 0 Å². The fraction of sp³-hybridized carbons (Fsp3) is 0.0833. The Bertz CT molecular complexity index is 832. The molecule has 0 aliphatic carbocycles. The molecule has 3 heterocycles. The maximum Gasteiger partial charge on any atom is 0.270 e. The van der Waals surface area contributed by atoms with Gasteiger partial charge < -0.3 is 4.98 Å². The number of nitrogens with one attached hydrogen (secondary N) is 2. The van der Waals surface area contributed by atoms with Crippen molar-refractivity contribution in [2.24, 2.45) is 0 Å². The van der Waals surface area contributed by atoms with Crippen molar-refractivity contribution in [3.05, 3.63) is 45.6 Å². The summed E-state index contributed by atoms with van der Waals surface area (Å²) in [6, 6.07) is 5.60. The molecule has 0 spiro atoms. The largest absolute Gasteiger partial charge is 0.300 e. The lowest BCUT2D eigenvalue weighted by molar-refractivity contribution is 0.931. The summed E-state index contributed by atoms with van der Waals surface area (Å²) in [4.78, 5) is 23.8. The molecule has 0 amide bonds. The molecule has 104 valence electrons. The molecule has 0 aromatic carbocycles. The van der Waals surface area contributed by atoms with E-state index in [0.29, 0.717) is 22.4 Å². The van der Waals surface area contributed by atoms with Crippen molar-refractivity contribution in [3.8, 4) is 16.6 Å². The molecule has 0 atom stereocenters. The number of H-pyrrole nitrogens is 2. The Morgan fingerprint density at radius 1 is 1.48 bits per heavy atom. The van der Waals surface area contributed by atoms with Gasteiger partial charge >= 0.3 is 0 Å². The number of hydrogen-bond donors (Lipinski definition) is 2. The topological polar surface area (TPSA) is 111 Å². The van der Waals surface area contributed by atoms with Gasteiger partial charge in [0, 0.05) is 0 Å². The van der Waals surface area contributed by atoms with E-state index in [-0.39, 0.29) is 5.56 Å². The fourth-order valence-corrected chi connectivity index (χ4v) is 3.11. The van der Waals surface area contributed by atoms with Gasteiger partial charge in [0.1, 0.15) is 29.5 Å². The summed E-state index contributed by atoms with van der Waals surface area (Å²) >= 11 is 2.75. The second-order valence-electron chi connectivity index (χ2n) is 3.90. The third kappa shape index (κ3) is 2.86. The molecule has 7 nitrogen and oxygen atoms in total. The third-order valence-corrected chi connectivity index (χ3v) is 4.34. The van der Waals surface area contributed by atoms with Crippen molar-refractivity contribution >= 4 is 23.1 Å². The van der Waals surface area contributed by atoms with E-state index < -0.39 is 5.56 Å². The molecule has 0 aliphatic rings. The van der Waals surface area contributed by atoms with Crippen molar-refractivity contribution in [3.63, 3.8) is 0 Å². The summed E-state index contributed by atoms with van der Waals surface area (Å²) in [6.45, 7) is 0. The highest BCUT2D eigenvalue weighted by molar-refractivity contribution is 7.98. The molecule has 3 aromatic heterocycles. The van der Waals surface area contributed by atoms with Crippen LogP contribution in [0, 0.1) is 11.3 Å². The summed E-state index contributed by atoms with van der Waals surface area (Å²) in [6.07, 6.45) is 1.42. The van der Waals surface area contributed by atoms with Crippen LogP contribution in [0.5, 0.6) is 0 Å². The quantitative estimate of drug-likeness (QED) is 0.560. The van der Waals surface area contributed by atoms with Crippen LogP contribution in [0.15, 0.2) is 33.8 Å². The Morgan fingerprint density at radius 2 is 2.38 bits per heavy atom. The number of aromatic nitrogens is 5. The van der Waals surface area contributed by atoms with Crippen LogP contribution < -0.4 is 5.56 Å². The van der Waals surface area contributed by atoms with Gasteiger partial charge in [-0.15, -0.1) is 11.3 Å². The lowest BCUT2D eigenvalue weighted by atomic mass is 10.2. The van der Waals surface area contributed by atoms with Crippen LogP contribution in [0.3, 0.4) is 0 Å². The first-order chi connectivity index (χ1) is 10.3. The number of aromatic amines is 2. The SMILES string of the molecule is N#Cc1c(-c2cccs2)nc(SCc2ncn[nH]2)[nH]c1=O. The van der Waals surface area contributed by atoms with Gasteiger partial charge in [-0.05, 0) is 11.4 Å². The van der Waals surface area contributed by atoms with Gasteiger partial charge in [-0.1, -0.05) is 17.8 Å². The molecular formula is C12H8N6OS2. The van der Waals surface area contributed by atoms with Crippen molar-refractivity contribution in [2.75, 3.05) is 0 Å². The number of thioether (sulfide) groups is 1. The number of rotatable bonds is 4. The predicted octanol–water partition coefficient (Wildman–Crippen LogP) is 1.78. The molecule has 2 N–H and O–H groups in total. The minimum Gasteiger partial charge on any atom is -0.300 e. The first kappa shape index (κ1) is 13.5. The third-order valence-electron chi connectivity index (χ3n) is 2.57. The molecule has 0 unspecified atom stereocenters. The summed E-state index contributed by atoms with van der Waals surface area (Å²) in [5.74, 6) is 1.18. The Hall–Kier alpha value is -2.44. The summed E-state index contributed by atoms with van der Waals surface area (Å²) in [5.41, 5.74) is 0.00811. The predicted molar refractivity (Wildman–Crippen MR) is 78.8 cm³/mol. The zero-order valence-electron chi connectivity index (χ0n) is 10.5. The van der Waals surface area contributed by atoms with Crippen LogP contribution in [0.25, 0.3) is 10.6 Å². The van der Waals surface area contributed by atoms with E-state index in [2.05, 4.69) is 25.1 Å². The minimum absolute atomic E-state index is 0.0291. The van der Waals surface area contributed by atoms with E-state index in [4.69, 9.17) is 5.26 Å². The van der Waals surface area contributed by atoms with Crippen LogP contribution in [-0.2, 0) is 5.75 Å². The van der Waals surface area contributed by atoms with Crippen molar-refractivity contribution < 1.29 is 0 Å². The van der Waals surface area contributed by atoms with Crippen LogP contribution in [0.1, 0.15) is 11.4 Å². The highest BCUT2D eigenvalue weighted by Crippen LogP contribution is 2.26. The smallest absolute Gasteiger partial charge is 0.270 e. The molecule has 0 fully saturated rings. The Morgan fingerprint density at radius 3 is 3.05 bits per heavy atom. The number of thiophene rings is 1. The zero-order valence-corrected chi connectivity index (χ0v) is 12.2. The van der Waals surface area contributed by atoms with Gasteiger partial charge in [0.05, 0.1) is 10.6 Å². The Balaban J connectivity index is 1.96. The molecule has 21 heavy (non-hydrogen) atoms. The molecule has 0 saturated heterocycles. The minimum atomic E-state index is -0.434. The normalized spacial score (nSPS) is 10.4. The summed E-state index contributed by atoms with van der Waals surface area (Å²) in [5, 5.41) is 17.9. The van der Waals surface area contributed by atoms with E-state index in [1.54, 1.807) is 0 Å². The van der Waals surface area contributed by atoms with Crippen LogP contribution in [0.4, 0.5) is 0 Å². The van der Waals surface area contributed by atoms with E-state index in [9.17, 15) is 4.79 Å². The van der Waals surface area contributed by atoms with Gasteiger partial charge in [0.15, 0.2) is 5.16 Å². The molecule has 0 aliphatic heterocycles. The number of nitrogens with zero attached hydrogens (tertiary/aromatic N) is 4. The average Bonchev–Trinajstić information content (AvgIpc) is 3.17. The standard InChI is InChI=1S/C12H8N6OS2/c13-4-7-10(8-2-1-3-20-8)16-12(17-11(7)19)21-5-9-14-6-15-18-9/h1-3,6H,5H2,(H,14,15,18)(H,16,17,19). The number of hydrogen-bond acceptors (Lipinski definition) is 7. The Kier molecular flexibility index (Phi) is 3.81. The van der Waals surface area contributed by atoms with Gasteiger partial charge in [-0.25, -0.2) is 9.97 Å². The van der Waals surface area contributed by atoms with Crippen molar-refractivity contribution in [2.45, 2.75) is 10.9 Å². The van der Waals surface area contributed by atoms with E-state index >= 15 is 0 Å². The Labute approximate surface area is 127 Å². The second-order valence-corrected chi connectivity index (χ2v) is 5.82. The van der Waals surface area contributed by atoms with Crippen LogP contribution >= 0.6 is 23.1 Å². The molecule has 9 heteroatoms. The molecule has 3 aromatic rings. The fourth-order valence-electron chi connectivity index (χ4n) is 1.65. The summed E-state index contributed by atoms with van der Waals surface area (Å²) in [7, 11) is 0. The molecular weight excluding hydrogens is 308 g/mol. The van der Waals surface area contributed by atoms with Gasteiger partial charge in [-0.2, -0.15) is 10.4 Å². The van der Waals surface area contributed by atoms with E-state index in [1.165, 1.54) is 29.4 Å².